The Morgan fingerprint density at radius 1 is 1.38 bits per heavy atom. The summed E-state index contributed by atoms with van der Waals surface area (Å²) in [6.07, 6.45) is -1.96. The number of esters is 1. The summed E-state index contributed by atoms with van der Waals surface area (Å²) in [6.45, 7) is 1.48. The van der Waals surface area contributed by atoms with Crippen molar-refractivity contribution < 1.29 is 27.8 Å². The molecule has 0 aliphatic rings. The van der Waals surface area contributed by atoms with Gasteiger partial charge in [0.1, 0.15) is 0 Å². The highest BCUT2D eigenvalue weighted by molar-refractivity contribution is 5.76. The third-order valence-electron chi connectivity index (χ3n) is 1.87. The van der Waals surface area contributed by atoms with Gasteiger partial charge in [0, 0.05) is 5.56 Å². The van der Waals surface area contributed by atoms with E-state index >= 15 is 0 Å². The molecule has 1 rings (SSSR count). The van der Waals surface area contributed by atoms with Crippen LogP contribution in [0.1, 0.15) is 18.6 Å². The van der Waals surface area contributed by atoms with Crippen LogP contribution in [0.15, 0.2) is 12.1 Å². The molecule has 1 atom stereocenters. The van der Waals surface area contributed by atoms with E-state index in [2.05, 4.69) is 4.74 Å². The summed E-state index contributed by atoms with van der Waals surface area (Å²) < 4.78 is 42.9. The number of ether oxygens (including phenoxy) is 1. The maximum atomic E-state index is 13.1. The SMILES string of the molecule is CCOC(=O)C(O)c1ccc(F)c(F)c1F. The smallest absolute Gasteiger partial charge is 0.339 e. The molecule has 0 aliphatic carbocycles. The summed E-state index contributed by atoms with van der Waals surface area (Å²) in [5.41, 5.74) is -0.655. The minimum Gasteiger partial charge on any atom is -0.464 e. The van der Waals surface area contributed by atoms with Crippen molar-refractivity contribution in [3.8, 4) is 0 Å². The molecule has 1 aromatic rings. The second-order valence-electron chi connectivity index (χ2n) is 2.92. The van der Waals surface area contributed by atoms with Gasteiger partial charge in [-0.15, -0.1) is 0 Å². The average molecular weight is 234 g/mol. The maximum absolute atomic E-state index is 13.1. The van der Waals surface area contributed by atoms with Gasteiger partial charge in [0.25, 0.3) is 0 Å². The number of hydrogen-bond acceptors (Lipinski definition) is 3. The van der Waals surface area contributed by atoms with E-state index in [9.17, 15) is 23.1 Å². The van der Waals surface area contributed by atoms with E-state index in [0.717, 1.165) is 6.07 Å². The number of aliphatic hydroxyl groups excluding tert-OH is 1. The van der Waals surface area contributed by atoms with Crippen LogP contribution in [-0.2, 0) is 9.53 Å². The van der Waals surface area contributed by atoms with Crippen molar-refractivity contribution in [3.05, 3.63) is 35.1 Å². The van der Waals surface area contributed by atoms with Crippen molar-refractivity contribution in [2.45, 2.75) is 13.0 Å². The van der Waals surface area contributed by atoms with Crippen LogP contribution in [0.2, 0.25) is 0 Å². The van der Waals surface area contributed by atoms with Gasteiger partial charge in [-0.05, 0) is 19.1 Å². The van der Waals surface area contributed by atoms with Crippen LogP contribution < -0.4 is 0 Å². The van der Waals surface area contributed by atoms with E-state index in [1.807, 2.05) is 0 Å². The first-order chi connectivity index (χ1) is 7.49. The van der Waals surface area contributed by atoms with Crippen LogP contribution in [0.4, 0.5) is 13.2 Å². The summed E-state index contributed by atoms with van der Waals surface area (Å²) in [5.74, 6) is -5.84. The zero-order valence-electron chi connectivity index (χ0n) is 8.34. The van der Waals surface area contributed by atoms with Gasteiger partial charge in [-0.3, -0.25) is 0 Å². The van der Waals surface area contributed by atoms with Crippen LogP contribution >= 0.6 is 0 Å². The third kappa shape index (κ3) is 2.33. The molecule has 0 bridgehead atoms. The lowest BCUT2D eigenvalue weighted by molar-refractivity contribution is -0.153. The molecule has 0 aromatic heterocycles. The minimum absolute atomic E-state index is 0.0127. The van der Waals surface area contributed by atoms with Gasteiger partial charge < -0.3 is 9.84 Å². The highest BCUT2D eigenvalue weighted by atomic mass is 19.2. The molecule has 16 heavy (non-hydrogen) atoms. The minimum atomic E-state index is -1.96. The first-order valence-electron chi connectivity index (χ1n) is 4.47. The predicted octanol–water partition coefficient (Wildman–Crippen LogP) is 1.70. The molecule has 0 radical (unpaired) electrons. The van der Waals surface area contributed by atoms with E-state index in [4.69, 9.17) is 0 Å². The van der Waals surface area contributed by atoms with Crippen molar-refractivity contribution >= 4 is 5.97 Å². The van der Waals surface area contributed by atoms with Gasteiger partial charge in [0.15, 0.2) is 23.6 Å². The lowest BCUT2D eigenvalue weighted by Gasteiger charge is -2.11. The Balaban J connectivity index is 3.05. The second kappa shape index (κ2) is 4.98. The van der Waals surface area contributed by atoms with Crippen molar-refractivity contribution in [1.82, 2.24) is 0 Å². The normalized spacial score (nSPS) is 12.3. The molecule has 0 saturated carbocycles. The summed E-state index contributed by atoms with van der Waals surface area (Å²) in [5, 5.41) is 9.31. The highest BCUT2D eigenvalue weighted by Crippen LogP contribution is 2.22. The summed E-state index contributed by atoms with van der Waals surface area (Å²) >= 11 is 0. The van der Waals surface area contributed by atoms with Crippen molar-refractivity contribution in [3.63, 3.8) is 0 Å². The number of carbonyl (C=O) groups is 1. The van der Waals surface area contributed by atoms with Crippen molar-refractivity contribution in [2.24, 2.45) is 0 Å². The molecule has 0 saturated heterocycles. The average Bonchev–Trinajstić information content (AvgIpc) is 2.26. The van der Waals surface area contributed by atoms with Gasteiger partial charge in [-0.25, -0.2) is 18.0 Å². The zero-order valence-corrected chi connectivity index (χ0v) is 8.34. The monoisotopic (exact) mass is 234 g/mol. The summed E-state index contributed by atoms with van der Waals surface area (Å²) in [6, 6.07) is 1.41. The fraction of sp³-hybridized carbons (Fsp3) is 0.300. The van der Waals surface area contributed by atoms with Crippen LogP contribution in [0.25, 0.3) is 0 Å². The van der Waals surface area contributed by atoms with Gasteiger partial charge in [-0.1, -0.05) is 0 Å². The number of benzene rings is 1. The Morgan fingerprint density at radius 2 is 2.00 bits per heavy atom. The van der Waals surface area contributed by atoms with Crippen LogP contribution in [-0.4, -0.2) is 17.7 Å². The van der Waals surface area contributed by atoms with Crippen molar-refractivity contribution in [2.75, 3.05) is 6.61 Å². The molecule has 1 aromatic carbocycles. The Labute approximate surface area is 89.5 Å². The summed E-state index contributed by atoms with van der Waals surface area (Å²) in [7, 11) is 0. The van der Waals surface area contributed by atoms with Crippen molar-refractivity contribution in [1.29, 1.82) is 0 Å². The first kappa shape index (κ1) is 12.5. The Kier molecular flexibility index (Phi) is 3.89. The van der Waals surface area contributed by atoms with Gasteiger partial charge in [-0.2, -0.15) is 0 Å². The largest absolute Gasteiger partial charge is 0.464 e. The quantitative estimate of drug-likeness (QED) is 0.639. The van der Waals surface area contributed by atoms with Gasteiger partial charge >= 0.3 is 5.97 Å². The lowest BCUT2D eigenvalue weighted by atomic mass is 10.1. The molecule has 6 heteroatoms. The molecule has 1 unspecified atom stereocenters. The zero-order chi connectivity index (χ0) is 12.3. The Bertz CT molecular complexity index is 407. The molecule has 88 valence electrons. The van der Waals surface area contributed by atoms with E-state index in [-0.39, 0.29) is 6.61 Å². The molecule has 0 fully saturated rings. The fourth-order valence-corrected chi connectivity index (χ4v) is 1.10. The molecule has 1 N–H and O–H groups in total. The molecule has 0 amide bonds. The first-order valence-corrected chi connectivity index (χ1v) is 4.47. The molecule has 3 nitrogen and oxygen atoms in total. The predicted molar refractivity (Wildman–Crippen MR) is 47.9 cm³/mol. The molecular weight excluding hydrogens is 225 g/mol. The standard InChI is InChI=1S/C10H9F3O3/c1-2-16-10(15)9(14)5-3-4-6(11)8(13)7(5)12/h3-4,9,14H,2H2,1H3. The fourth-order valence-electron chi connectivity index (χ4n) is 1.10. The Morgan fingerprint density at radius 3 is 2.56 bits per heavy atom. The van der Waals surface area contributed by atoms with E-state index in [1.165, 1.54) is 6.92 Å². The van der Waals surface area contributed by atoms with Crippen LogP contribution in [0.5, 0.6) is 0 Å². The highest BCUT2D eigenvalue weighted by Gasteiger charge is 2.25. The number of rotatable bonds is 3. The maximum Gasteiger partial charge on any atom is 0.339 e. The lowest BCUT2D eigenvalue weighted by Crippen LogP contribution is -2.17. The van der Waals surface area contributed by atoms with Crippen LogP contribution in [0.3, 0.4) is 0 Å². The molecular formula is C10H9F3O3. The van der Waals surface area contributed by atoms with E-state index in [1.54, 1.807) is 0 Å². The second-order valence-corrected chi connectivity index (χ2v) is 2.92. The Hall–Kier alpha value is -1.56. The van der Waals surface area contributed by atoms with Crippen LogP contribution in [0, 0.1) is 17.5 Å². The summed E-state index contributed by atoms with van der Waals surface area (Å²) in [4.78, 5) is 11.0. The van der Waals surface area contributed by atoms with Gasteiger partial charge in [0.05, 0.1) is 6.61 Å². The number of aliphatic hydroxyl groups is 1. The third-order valence-corrected chi connectivity index (χ3v) is 1.87. The topological polar surface area (TPSA) is 46.5 Å². The van der Waals surface area contributed by atoms with E-state index in [0.29, 0.717) is 6.07 Å². The number of carbonyl (C=O) groups excluding carboxylic acids is 1. The van der Waals surface area contributed by atoms with E-state index < -0.39 is 35.1 Å². The molecule has 0 spiro atoms. The molecule has 0 heterocycles. The molecule has 0 aliphatic heterocycles. The number of hydrogen-bond donors (Lipinski definition) is 1. The number of halogens is 3. The van der Waals surface area contributed by atoms with Gasteiger partial charge in [0.2, 0.25) is 0 Å².